The molecule has 8 nitrogen and oxygen atoms in total. The molecule has 30 heavy (non-hydrogen) atoms. The van der Waals surface area contributed by atoms with E-state index in [1.807, 2.05) is 17.3 Å². The Kier molecular flexibility index (Phi) is 6.05. The molecule has 3 heterocycles. The topological polar surface area (TPSA) is 105 Å². The molecule has 1 aliphatic rings. The lowest BCUT2D eigenvalue weighted by atomic mass is 9.92. The summed E-state index contributed by atoms with van der Waals surface area (Å²) >= 11 is 1.20. The number of piperidine rings is 1. The van der Waals surface area contributed by atoms with E-state index in [0.717, 1.165) is 24.8 Å². The van der Waals surface area contributed by atoms with Crippen molar-refractivity contribution in [2.24, 2.45) is 5.92 Å². The number of likely N-dealkylation sites (tertiary alicyclic amines) is 1. The summed E-state index contributed by atoms with van der Waals surface area (Å²) in [5, 5.41) is 1.99. The van der Waals surface area contributed by atoms with Crippen molar-refractivity contribution in [2.75, 3.05) is 17.8 Å². The Balaban J connectivity index is 1.41. The average Bonchev–Trinajstić information content (AvgIpc) is 3.26. The van der Waals surface area contributed by atoms with Crippen molar-refractivity contribution in [1.82, 2.24) is 19.9 Å². The van der Waals surface area contributed by atoms with E-state index in [9.17, 15) is 13.2 Å². The number of anilines is 1. The van der Waals surface area contributed by atoms with E-state index in [1.54, 1.807) is 17.5 Å². The first-order chi connectivity index (χ1) is 14.5. The number of nitrogens with one attached hydrogen (secondary N) is 1. The van der Waals surface area contributed by atoms with Crippen LogP contribution in [0.15, 0.2) is 59.5 Å². The Morgan fingerprint density at radius 3 is 2.67 bits per heavy atom. The third-order valence-electron chi connectivity index (χ3n) is 5.01. The Morgan fingerprint density at radius 2 is 1.97 bits per heavy atom. The maximum absolute atomic E-state index is 12.9. The molecule has 0 radical (unpaired) electrons. The van der Waals surface area contributed by atoms with Gasteiger partial charge in [0.2, 0.25) is 0 Å². The van der Waals surface area contributed by atoms with Crippen LogP contribution in [0.1, 0.15) is 28.8 Å². The fourth-order valence-corrected chi connectivity index (χ4v) is 5.38. The van der Waals surface area contributed by atoms with Crippen molar-refractivity contribution in [3.05, 3.63) is 65.7 Å². The molecule has 0 aliphatic carbocycles. The molecule has 1 aliphatic heterocycles. The average molecular weight is 444 g/mol. The molecule has 1 N–H and O–H groups in total. The van der Waals surface area contributed by atoms with E-state index < -0.39 is 10.0 Å². The summed E-state index contributed by atoms with van der Waals surface area (Å²) in [6.07, 6.45) is 9.49. The number of sulfonamides is 1. The van der Waals surface area contributed by atoms with Crippen LogP contribution in [0.3, 0.4) is 0 Å². The Labute approximate surface area is 179 Å². The van der Waals surface area contributed by atoms with Crippen LogP contribution in [0.5, 0.6) is 0 Å². The Morgan fingerprint density at radius 1 is 1.20 bits per heavy atom. The van der Waals surface area contributed by atoms with Crippen molar-refractivity contribution in [1.29, 1.82) is 0 Å². The number of aromatic nitrogens is 3. The van der Waals surface area contributed by atoms with Crippen LogP contribution in [0.4, 0.5) is 5.13 Å². The third kappa shape index (κ3) is 4.82. The number of nitrogens with zero attached hydrogens (tertiary/aromatic N) is 4. The van der Waals surface area contributed by atoms with E-state index in [2.05, 4.69) is 19.7 Å². The lowest BCUT2D eigenvalue weighted by Gasteiger charge is -2.33. The van der Waals surface area contributed by atoms with Gasteiger partial charge in [-0.05, 0) is 55.0 Å². The molecule has 1 atom stereocenters. The van der Waals surface area contributed by atoms with Crippen LogP contribution in [0.25, 0.3) is 0 Å². The molecule has 2 aromatic heterocycles. The van der Waals surface area contributed by atoms with Gasteiger partial charge in [0.25, 0.3) is 15.9 Å². The molecule has 1 unspecified atom stereocenters. The van der Waals surface area contributed by atoms with Crippen LogP contribution in [-0.4, -0.2) is 47.3 Å². The highest BCUT2D eigenvalue weighted by atomic mass is 32.2. The van der Waals surface area contributed by atoms with E-state index in [4.69, 9.17) is 0 Å². The quantitative estimate of drug-likeness (QED) is 0.628. The summed E-state index contributed by atoms with van der Waals surface area (Å²) in [5.74, 6) is 0.275. The van der Waals surface area contributed by atoms with Gasteiger partial charge in [0.05, 0.1) is 4.90 Å². The molecule has 1 aromatic carbocycles. The first-order valence-corrected chi connectivity index (χ1v) is 11.9. The summed E-state index contributed by atoms with van der Waals surface area (Å²) in [5.41, 5.74) is 1.55. The van der Waals surface area contributed by atoms with Gasteiger partial charge in [0.1, 0.15) is 6.33 Å². The maximum atomic E-state index is 12.9. The monoisotopic (exact) mass is 443 g/mol. The van der Waals surface area contributed by atoms with Gasteiger partial charge >= 0.3 is 0 Å². The molecule has 0 bridgehead atoms. The fourth-order valence-electron chi connectivity index (χ4n) is 3.59. The summed E-state index contributed by atoms with van der Waals surface area (Å²) in [6, 6.07) is 6.03. The van der Waals surface area contributed by atoms with Crippen LogP contribution in [-0.2, 0) is 16.4 Å². The first-order valence-electron chi connectivity index (χ1n) is 9.57. The van der Waals surface area contributed by atoms with Gasteiger partial charge in [0, 0.05) is 42.6 Å². The molecule has 0 spiro atoms. The highest BCUT2D eigenvalue weighted by Gasteiger charge is 2.25. The van der Waals surface area contributed by atoms with E-state index in [1.165, 1.54) is 36.0 Å². The molecule has 0 saturated carbocycles. The number of hydrogen-bond donors (Lipinski definition) is 1. The smallest absolute Gasteiger partial charge is 0.263 e. The predicted molar refractivity (Wildman–Crippen MR) is 114 cm³/mol. The number of benzene rings is 1. The summed E-state index contributed by atoms with van der Waals surface area (Å²) in [4.78, 5) is 26.9. The van der Waals surface area contributed by atoms with Gasteiger partial charge in [-0.25, -0.2) is 23.4 Å². The molecule has 10 heteroatoms. The fraction of sp³-hybridized carbons (Fsp3) is 0.300. The lowest BCUT2D eigenvalue weighted by molar-refractivity contribution is 0.0673. The van der Waals surface area contributed by atoms with Crippen molar-refractivity contribution >= 4 is 32.4 Å². The number of amides is 1. The van der Waals surface area contributed by atoms with Crippen LogP contribution in [0, 0.1) is 5.92 Å². The second kappa shape index (κ2) is 8.88. The second-order valence-electron chi connectivity index (χ2n) is 7.18. The van der Waals surface area contributed by atoms with Crippen LogP contribution >= 0.6 is 11.3 Å². The second-order valence-corrected chi connectivity index (χ2v) is 9.75. The first kappa shape index (κ1) is 20.4. The summed E-state index contributed by atoms with van der Waals surface area (Å²) in [6.45, 7) is 1.37. The minimum atomic E-state index is -3.73. The van der Waals surface area contributed by atoms with Crippen molar-refractivity contribution in [2.45, 2.75) is 24.2 Å². The number of hydrogen-bond acceptors (Lipinski definition) is 7. The van der Waals surface area contributed by atoms with Crippen molar-refractivity contribution in [3.63, 3.8) is 0 Å². The molecule has 1 fully saturated rings. The predicted octanol–water partition coefficient (Wildman–Crippen LogP) is 2.83. The molecule has 156 valence electrons. The molecule has 4 rings (SSSR count). The Bertz CT molecular complexity index is 1090. The van der Waals surface area contributed by atoms with Gasteiger partial charge < -0.3 is 4.90 Å². The molecule has 3 aromatic rings. The van der Waals surface area contributed by atoms with E-state index in [0.29, 0.717) is 29.7 Å². The molecule has 1 saturated heterocycles. The minimum Gasteiger partial charge on any atom is -0.338 e. The minimum absolute atomic E-state index is 0.0826. The van der Waals surface area contributed by atoms with Gasteiger partial charge in [-0.1, -0.05) is 0 Å². The zero-order chi connectivity index (χ0) is 21.0. The highest BCUT2D eigenvalue weighted by Crippen LogP contribution is 2.23. The van der Waals surface area contributed by atoms with Crippen molar-refractivity contribution in [3.8, 4) is 0 Å². The normalized spacial score (nSPS) is 16.9. The summed E-state index contributed by atoms with van der Waals surface area (Å²) < 4.78 is 27.3. The van der Waals surface area contributed by atoms with Gasteiger partial charge in [-0.3, -0.25) is 9.52 Å². The summed E-state index contributed by atoms with van der Waals surface area (Å²) in [7, 11) is -3.73. The van der Waals surface area contributed by atoms with E-state index >= 15 is 0 Å². The molecule has 1 amide bonds. The molecular formula is C20H21N5O3S2. The number of thiazole rings is 1. The standard InChI is InChI=1S/C20H21N5O3S2/c26-19(25-8-1-2-15(13-25)10-16-11-21-14-22-12-16)17-3-5-18(6-4-17)30(27,28)24-20-23-7-9-29-20/h3-7,9,11-12,14-15H,1-2,8,10,13H2,(H,23,24). The number of carbonyl (C=O) groups is 1. The highest BCUT2D eigenvalue weighted by molar-refractivity contribution is 7.93. The van der Waals surface area contributed by atoms with Gasteiger partial charge in [-0.15, -0.1) is 11.3 Å². The maximum Gasteiger partial charge on any atom is 0.263 e. The molecular weight excluding hydrogens is 422 g/mol. The zero-order valence-electron chi connectivity index (χ0n) is 16.1. The number of carbonyl (C=O) groups excluding carboxylic acids is 1. The number of rotatable bonds is 6. The largest absolute Gasteiger partial charge is 0.338 e. The van der Waals surface area contributed by atoms with E-state index in [-0.39, 0.29) is 10.8 Å². The van der Waals surface area contributed by atoms with Gasteiger partial charge in [-0.2, -0.15) is 0 Å². The van der Waals surface area contributed by atoms with Gasteiger partial charge in [0.15, 0.2) is 5.13 Å². The zero-order valence-corrected chi connectivity index (χ0v) is 17.8. The lowest BCUT2D eigenvalue weighted by Crippen LogP contribution is -2.40. The van der Waals surface area contributed by atoms with Crippen molar-refractivity contribution < 1.29 is 13.2 Å². The Hall–Kier alpha value is -2.85. The van der Waals surface area contributed by atoms with Crippen LogP contribution in [0.2, 0.25) is 0 Å². The SMILES string of the molecule is O=C(c1ccc(S(=O)(=O)Nc2nccs2)cc1)N1CCCC(Cc2cncnc2)C1. The van der Waals surface area contributed by atoms with Crippen LogP contribution < -0.4 is 4.72 Å². The third-order valence-corrected chi connectivity index (χ3v) is 7.18.